The van der Waals surface area contributed by atoms with Gasteiger partial charge in [-0.3, -0.25) is 14.5 Å². The number of allylic oxidation sites excluding steroid dienone is 1. The van der Waals surface area contributed by atoms with Crippen LogP contribution in [0, 0.1) is 11.3 Å². The first-order valence-corrected chi connectivity index (χ1v) is 15.2. The quantitative estimate of drug-likeness (QED) is 0.145. The number of carbonyl (C=O) groups excluding carboxylic acids is 2. The van der Waals surface area contributed by atoms with Crippen molar-refractivity contribution in [3.05, 3.63) is 22.8 Å². The van der Waals surface area contributed by atoms with Gasteiger partial charge in [0, 0.05) is 42.6 Å². The summed E-state index contributed by atoms with van der Waals surface area (Å²) in [6, 6.07) is 0.536. The van der Waals surface area contributed by atoms with Crippen LogP contribution in [-0.2, 0) is 14.3 Å². The van der Waals surface area contributed by atoms with Gasteiger partial charge in [-0.2, -0.15) is 0 Å². The van der Waals surface area contributed by atoms with Crippen LogP contribution in [-0.4, -0.2) is 70.3 Å². The number of hydrogen-bond acceptors (Lipinski definition) is 9. The largest absolute Gasteiger partial charge is 0.460 e. The van der Waals surface area contributed by atoms with E-state index in [0.29, 0.717) is 25.5 Å². The summed E-state index contributed by atoms with van der Waals surface area (Å²) in [4.78, 5) is 26.0. The number of hydrogen-bond donors (Lipinski definition) is 4. The zero-order valence-electron chi connectivity index (χ0n) is 24.6. The Kier molecular flexibility index (Phi) is 15.8. The molecule has 0 saturated carbocycles. The van der Waals surface area contributed by atoms with E-state index in [0.717, 1.165) is 43.4 Å². The summed E-state index contributed by atoms with van der Waals surface area (Å²) in [5, 5.41) is 25.2. The lowest BCUT2D eigenvalue weighted by atomic mass is 9.79. The lowest BCUT2D eigenvalue weighted by molar-refractivity contribution is -0.132. The van der Waals surface area contributed by atoms with Crippen LogP contribution < -0.4 is 11.1 Å². The second-order valence-electron chi connectivity index (χ2n) is 11.0. The van der Waals surface area contributed by atoms with Crippen molar-refractivity contribution in [3.8, 4) is 0 Å². The molecule has 38 heavy (non-hydrogen) atoms. The highest BCUT2D eigenvalue weighted by atomic mass is 32.2. The molecule has 0 aromatic carbocycles. The summed E-state index contributed by atoms with van der Waals surface area (Å²) in [6.45, 7) is 15.1. The van der Waals surface area contributed by atoms with Crippen molar-refractivity contribution in [2.24, 2.45) is 17.1 Å². The van der Waals surface area contributed by atoms with Crippen molar-refractivity contribution in [2.45, 2.75) is 123 Å². The number of Topliss-reactive ketones (excluding diaryl/α,β-unsaturated/α-hetero) is 1. The number of β-amino-alcohol motifs (C(OH)–C–C–N with tert-alkyl or cyclic N) is 1. The molecule has 1 saturated heterocycles. The minimum absolute atomic E-state index is 0.0441. The van der Waals surface area contributed by atoms with Gasteiger partial charge in [0.15, 0.2) is 0 Å². The van der Waals surface area contributed by atoms with Crippen molar-refractivity contribution < 1.29 is 24.5 Å². The van der Waals surface area contributed by atoms with E-state index in [2.05, 4.69) is 17.1 Å². The predicted octanol–water partition coefficient (Wildman–Crippen LogP) is 4.31. The standard InChI is InChI=1S/C27H47N3O5S.C2H6/c1-6-10-27(4,5)25(34)15-23(33)18(2)8-7-9-21-22(30(21)11-12-31)14-24(35-17-32)19(3)13-20-16-36-26(28)29-20;1-2/h13,16-18,21-24,26,29,31,33H,6-12,14-15,28H2,1-5H3;1-2H3/b19-13+;/t18-,21?,22?,23?,24?,26?,30?;/m0./s1. The third-order valence-corrected chi connectivity index (χ3v) is 8.42. The maximum absolute atomic E-state index is 12.6. The van der Waals surface area contributed by atoms with Crippen molar-refractivity contribution in [3.63, 3.8) is 0 Å². The molecule has 9 heteroatoms. The molecule has 0 aromatic rings. The van der Waals surface area contributed by atoms with Crippen LogP contribution >= 0.6 is 11.8 Å². The summed E-state index contributed by atoms with van der Waals surface area (Å²) in [5.41, 5.74) is 7.16. The Bertz CT molecular complexity index is 788. The number of thioether (sulfide) groups is 1. The highest BCUT2D eigenvalue weighted by molar-refractivity contribution is 8.02. The minimum atomic E-state index is -0.625. The molecule has 6 unspecified atom stereocenters. The second-order valence-corrected chi connectivity index (χ2v) is 12.0. The molecule has 0 aromatic heterocycles. The number of carbonyl (C=O) groups is 2. The molecule has 7 atom stereocenters. The summed E-state index contributed by atoms with van der Waals surface area (Å²) in [6.07, 6.45) is 6.35. The van der Waals surface area contributed by atoms with Gasteiger partial charge in [0.2, 0.25) is 0 Å². The lowest BCUT2D eigenvalue weighted by Gasteiger charge is -2.26. The van der Waals surface area contributed by atoms with E-state index in [1.807, 2.05) is 53.0 Å². The Hall–Kier alpha value is -1.39. The first-order valence-electron chi connectivity index (χ1n) is 14.3. The first kappa shape index (κ1) is 34.6. The van der Waals surface area contributed by atoms with Gasteiger partial charge in [0.05, 0.1) is 12.7 Å². The van der Waals surface area contributed by atoms with Crippen LogP contribution in [0.15, 0.2) is 22.8 Å². The zero-order valence-corrected chi connectivity index (χ0v) is 25.4. The van der Waals surface area contributed by atoms with Gasteiger partial charge in [-0.1, -0.05) is 66.1 Å². The maximum atomic E-state index is 12.6. The van der Waals surface area contributed by atoms with Crippen molar-refractivity contribution in [1.29, 1.82) is 0 Å². The van der Waals surface area contributed by atoms with Crippen molar-refractivity contribution in [1.82, 2.24) is 10.2 Å². The molecule has 2 aliphatic heterocycles. The molecule has 5 N–H and O–H groups in total. The van der Waals surface area contributed by atoms with Gasteiger partial charge >= 0.3 is 0 Å². The third-order valence-electron chi connectivity index (χ3n) is 7.62. The van der Waals surface area contributed by atoms with Gasteiger partial charge in [0.1, 0.15) is 17.4 Å². The predicted molar refractivity (Wildman–Crippen MR) is 156 cm³/mol. The van der Waals surface area contributed by atoms with Crippen LogP contribution in [0.25, 0.3) is 0 Å². The monoisotopic (exact) mass is 555 g/mol. The van der Waals surface area contributed by atoms with Crippen molar-refractivity contribution in [2.75, 3.05) is 13.2 Å². The number of nitrogens with two attached hydrogens (primary N) is 1. The smallest absolute Gasteiger partial charge is 0.293 e. The fourth-order valence-electron chi connectivity index (χ4n) is 5.19. The number of ether oxygens (including phenoxy) is 1. The number of ketones is 1. The molecule has 2 aliphatic rings. The van der Waals surface area contributed by atoms with Crippen molar-refractivity contribution >= 4 is 24.0 Å². The maximum Gasteiger partial charge on any atom is 0.293 e. The van der Waals surface area contributed by atoms with Gasteiger partial charge < -0.3 is 26.0 Å². The number of aliphatic hydroxyl groups excluding tert-OH is 2. The van der Waals surface area contributed by atoms with E-state index in [9.17, 15) is 19.8 Å². The Morgan fingerprint density at radius 2 is 2.03 bits per heavy atom. The SMILES string of the molecule is CC.CCCC(C)(C)C(=O)CC(O)[C@@H](C)CCCC1C(CC(OC=O)/C(C)=C/C2=CSC(N)N2)N1CCO. The van der Waals surface area contributed by atoms with E-state index in [4.69, 9.17) is 10.5 Å². The van der Waals surface area contributed by atoms with E-state index in [-0.39, 0.29) is 47.8 Å². The molecule has 0 bridgehead atoms. The fourth-order valence-corrected chi connectivity index (χ4v) is 5.82. The lowest BCUT2D eigenvalue weighted by Crippen LogP contribution is -2.30. The van der Waals surface area contributed by atoms with Crippen LogP contribution in [0.2, 0.25) is 0 Å². The topological polar surface area (TPSA) is 125 Å². The van der Waals surface area contributed by atoms with E-state index >= 15 is 0 Å². The summed E-state index contributed by atoms with van der Waals surface area (Å²) < 4.78 is 5.43. The molecule has 1 fully saturated rings. The zero-order chi connectivity index (χ0) is 28.9. The summed E-state index contributed by atoms with van der Waals surface area (Å²) in [5.74, 6) is 0.177. The Morgan fingerprint density at radius 3 is 2.58 bits per heavy atom. The Balaban J connectivity index is 0.00000352. The van der Waals surface area contributed by atoms with Gasteiger partial charge in [-0.15, -0.1) is 0 Å². The summed E-state index contributed by atoms with van der Waals surface area (Å²) in [7, 11) is 0. The summed E-state index contributed by atoms with van der Waals surface area (Å²) >= 11 is 1.50. The molecule has 2 rings (SSSR count). The molecule has 2 heterocycles. The normalized spacial score (nSPS) is 25.3. The van der Waals surface area contributed by atoms with Crippen LogP contribution in [0.5, 0.6) is 0 Å². The molecule has 220 valence electrons. The number of rotatable bonds is 18. The Labute approximate surface area is 234 Å². The molecule has 0 amide bonds. The van der Waals surface area contributed by atoms with Crippen LogP contribution in [0.1, 0.15) is 93.4 Å². The van der Waals surface area contributed by atoms with Gasteiger partial charge in [-0.05, 0) is 49.2 Å². The fraction of sp³-hybridized carbons (Fsp3) is 0.793. The highest BCUT2D eigenvalue weighted by Crippen LogP contribution is 2.38. The third kappa shape index (κ3) is 11.0. The molecule has 0 aliphatic carbocycles. The van der Waals surface area contributed by atoms with Gasteiger partial charge in [0.25, 0.3) is 6.47 Å². The molecular weight excluding hydrogens is 502 g/mol. The first-order chi connectivity index (χ1) is 18.0. The number of nitrogens with one attached hydrogen (secondary N) is 1. The average Bonchev–Trinajstić information content (AvgIpc) is 3.33. The van der Waals surface area contributed by atoms with E-state index in [1.165, 1.54) is 11.8 Å². The number of aliphatic hydroxyl groups is 2. The second kappa shape index (κ2) is 17.3. The van der Waals surface area contributed by atoms with Crippen LogP contribution in [0.3, 0.4) is 0 Å². The molecule has 0 radical (unpaired) electrons. The highest BCUT2D eigenvalue weighted by Gasteiger charge is 2.47. The molecular formula is C29H53N3O5S. The molecule has 0 spiro atoms. The molecule has 8 nitrogen and oxygen atoms in total. The van der Waals surface area contributed by atoms with Gasteiger partial charge in [-0.25, -0.2) is 0 Å². The minimum Gasteiger partial charge on any atom is -0.460 e. The average molecular weight is 556 g/mol. The van der Waals surface area contributed by atoms with E-state index < -0.39 is 6.10 Å². The number of nitrogens with zero attached hydrogens (tertiary/aromatic N) is 1. The van der Waals surface area contributed by atoms with Crippen LogP contribution in [0.4, 0.5) is 0 Å². The van der Waals surface area contributed by atoms with E-state index in [1.54, 1.807) is 0 Å². The Morgan fingerprint density at radius 1 is 1.34 bits per heavy atom.